The van der Waals surface area contributed by atoms with Crippen molar-refractivity contribution < 1.29 is 9.84 Å². The molecule has 1 aliphatic rings. The second-order valence-corrected chi connectivity index (χ2v) is 4.52. The van der Waals surface area contributed by atoms with E-state index in [1.807, 2.05) is 30.3 Å². The lowest BCUT2D eigenvalue weighted by Crippen LogP contribution is -2.42. The molecule has 1 fully saturated rings. The normalized spacial score (nSPS) is 21.6. The van der Waals surface area contributed by atoms with Crippen LogP contribution in [0.1, 0.15) is 24.4 Å². The van der Waals surface area contributed by atoms with Crippen molar-refractivity contribution in [2.45, 2.75) is 18.9 Å². The van der Waals surface area contributed by atoms with Crippen LogP contribution in [0.5, 0.6) is 0 Å². The third-order valence-electron chi connectivity index (χ3n) is 3.62. The van der Waals surface area contributed by atoms with E-state index >= 15 is 0 Å². The Morgan fingerprint density at radius 1 is 1.25 bits per heavy atom. The average Bonchev–Trinajstić information content (AvgIpc) is 2.39. The van der Waals surface area contributed by atoms with Gasteiger partial charge in [-0.25, -0.2) is 0 Å². The van der Waals surface area contributed by atoms with E-state index in [-0.39, 0.29) is 18.1 Å². The average molecular weight is 221 g/mol. The van der Waals surface area contributed by atoms with Crippen LogP contribution in [0, 0.1) is 5.41 Å². The van der Waals surface area contributed by atoms with Crippen LogP contribution in [0.15, 0.2) is 30.3 Å². The SMILES string of the molecule is N[C@H](c1ccccc1)C1(CO)CCOCC1. The molecular weight excluding hydrogens is 202 g/mol. The molecule has 0 aromatic heterocycles. The van der Waals surface area contributed by atoms with Crippen molar-refractivity contribution in [3.05, 3.63) is 35.9 Å². The molecule has 3 N–H and O–H groups in total. The van der Waals surface area contributed by atoms with Gasteiger partial charge < -0.3 is 15.6 Å². The van der Waals surface area contributed by atoms with Crippen LogP contribution in [0.3, 0.4) is 0 Å². The minimum Gasteiger partial charge on any atom is -0.396 e. The van der Waals surface area contributed by atoms with E-state index < -0.39 is 0 Å². The highest BCUT2D eigenvalue weighted by atomic mass is 16.5. The van der Waals surface area contributed by atoms with Gasteiger partial charge in [0, 0.05) is 24.7 Å². The van der Waals surface area contributed by atoms with Crippen molar-refractivity contribution in [2.24, 2.45) is 11.1 Å². The fraction of sp³-hybridized carbons (Fsp3) is 0.538. The number of aliphatic hydroxyl groups is 1. The first-order valence-corrected chi connectivity index (χ1v) is 5.78. The molecule has 1 aromatic rings. The van der Waals surface area contributed by atoms with Crippen LogP contribution < -0.4 is 5.73 Å². The molecule has 0 saturated carbocycles. The fourth-order valence-corrected chi connectivity index (χ4v) is 2.36. The highest BCUT2D eigenvalue weighted by Crippen LogP contribution is 2.40. The molecule has 1 aliphatic heterocycles. The third-order valence-corrected chi connectivity index (χ3v) is 3.62. The highest BCUT2D eigenvalue weighted by Gasteiger charge is 2.38. The number of benzene rings is 1. The summed E-state index contributed by atoms with van der Waals surface area (Å²) in [5.74, 6) is 0. The molecule has 0 radical (unpaired) electrons. The number of hydrogen-bond donors (Lipinski definition) is 2. The van der Waals surface area contributed by atoms with Crippen LogP contribution in [0.2, 0.25) is 0 Å². The van der Waals surface area contributed by atoms with E-state index in [9.17, 15) is 5.11 Å². The predicted octanol–water partition coefficient (Wildman–Crippen LogP) is 1.48. The molecule has 0 spiro atoms. The van der Waals surface area contributed by atoms with Crippen LogP contribution >= 0.6 is 0 Å². The summed E-state index contributed by atoms with van der Waals surface area (Å²) in [6, 6.07) is 9.89. The second kappa shape index (κ2) is 4.95. The first kappa shape index (κ1) is 11.6. The van der Waals surface area contributed by atoms with Gasteiger partial charge in [-0.2, -0.15) is 0 Å². The maximum atomic E-state index is 9.64. The van der Waals surface area contributed by atoms with Gasteiger partial charge in [-0.3, -0.25) is 0 Å². The van der Waals surface area contributed by atoms with Gasteiger partial charge in [0.2, 0.25) is 0 Å². The predicted molar refractivity (Wildman–Crippen MR) is 62.9 cm³/mol. The van der Waals surface area contributed by atoms with E-state index in [2.05, 4.69) is 0 Å². The van der Waals surface area contributed by atoms with E-state index in [0.29, 0.717) is 13.2 Å². The zero-order chi connectivity index (χ0) is 11.4. The van der Waals surface area contributed by atoms with Crippen molar-refractivity contribution in [2.75, 3.05) is 19.8 Å². The summed E-state index contributed by atoms with van der Waals surface area (Å²) in [5, 5.41) is 9.64. The molecule has 0 aliphatic carbocycles. The Morgan fingerprint density at radius 3 is 2.44 bits per heavy atom. The third kappa shape index (κ3) is 2.12. The Kier molecular flexibility index (Phi) is 3.59. The minimum absolute atomic E-state index is 0.109. The maximum Gasteiger partial charge on any atom is 0.0507 e. The lowest BCUT2D eigenvalue weighted by molar-refractivity contribution is -0.0309. The number of nitrogens with two attached hydrogens (primary N) is 1. The van der Waals surface area contributed by atoms with E-state index in [4.69, 9.17) is 10.5 Å². The Morgan fingerprint density at radius 2 is 1.88 bits per heavy atom. The van der Waals surface area contributed by atoms with Crippen LogP contribution in [-0.2, 0) is 4.74 Å². The van der Waals surface area contributed by atoms with Crippen molar-refractivity contribution in [3.63, 3.8) is 0 Å². The van der Waals surface area contributed by atoms with Gasteiger partial charge in [-0.1, -0.05) is 30.3 Å². The first-order valence-electron chi connectivity index (χ1n) is 5.78. The molecule has 3 heteroatoms. The van der Waals surface area contributed by atoms with E-state index in [0.717, 1.165) is 18.4 Å². The quantitative estimate of drug-likeness (QED) is 0.812. The minimum atomic E-state index is -0.209. The molecule has 3 nitrogen and oxygen atoms in total. The number of aliphatic hydroxyl groups excluding tert-OH is 1. The van der Waals surface area contributed by atoms with Gasteiger partial charge >= 0.3 is 0 Å². The zero-order valence-corrected chi connectivity index (χ0v) is 9.43. The monoisotopic (exact) mass is 221 g/mol. The van der Waals surface area contributed by atoms with Gasteiger partial charge in [0.05, 0.1) is 6.61 Å². The second-order valence-electron chi connectivity index (χ2n) is 4.52. The molecule has 88 valence electrons. The number of hydrogen-bond acceptors (Lipinski definition) is 3. The summed E-state index contributed by atoms with van der Waals surface area (Å²) in [4.78, 5) is 0. The lowest BCUT2D eigenvalue weighted by atomic mass is 9.72. The van der Waals surface area contributed by atoms with Gasteiger partial charge in [-0.15, -0.1) is 0 Å². The Bertz CT molecular complexity index is 320. The molecule has 0 amide bonds. The van der Waals surface area contributed by atoms with Crippen molar-refractivity contribution in [1.29, 1.82) is 0 Å². The summed E-state index contributed by atoms with van der Waals surface area (Å²) >= 11 is 0. The Hall–Kier alpha value is -0.900. The number of rotatable bonds is 3. The van der Waals surface area contributed by atoms with Crippen LogP contribution in [0.25, 0.3) is 0 Å². The Labute approximate surface area is 96.2 Å². The van der Waals surface area contributed by atoms with Crippen LogP contribution in [-0.4, -0.2) is 24.9 Å². The van der Waals surface area contributed by atoms with Crippen molar-refractivity contribution in [1.82, 2.24) is 0 Å². The smallest absolute Gasteiger partial charge is 0.0507 e. The van der Waals surface area contributed by atoms with Gasteiger partial charge in [0.1, 0.15) is 0 Å². The summed E-state index contributed by atoms with van der Waals surface area (Å²) in [6.45, 7) is 1.52. The molecule has 1 atom stereocenters. The topological polar surface area (TPSA) is 55.5 Å². The zero-order valence-electron chi connectivity index (χ0n) is 9.43. The van der Waals surface area contributed by atoms with Crippen molar-refractivity contribution >= 4 is 0 Å². The van der Waals surface area contributed by atoms with Crippen molar-refractivity contribution in [3.8, 4) is 0 Å². The molecule has 0 unspecified atom stereocenters. The van der Waals surface area contributed by atoms with E-state index in [1.54, 1.807) is 0 Å². The highest BCUT2D eigenvalue weighted by molar-refractivity contribution is 5.21. The summed E-state index contributed by atoms with van der Waals surface area (Å²) < 4.78 is 5.35. The van der Waals surface area contributed by atoms with E-state index in [1.165, 1.54) is 0 Å². The fourth-order valence-electron chi connectivity index (χ4n) is 2.36. The molecule has 16 heavy (non-hydrogen) atoms. The molecular formula is C13H19NO2. The standard InChI is InChI=1S/C13H19NO2/c14-12(11-4-2-1-3-5-11)13(10-15)6-8-16-9-7-13/h1-5,12,15H,6-10,14H2/t12-/m1/s1. The summed E-state index contributed by atoms with van der Waals surface area (Å²) in [5.41, 5.74) is 7.19. The molecule has 1 heterocycles. The summed E-state index contributed by atoms with van der Waals surface area (Å²) in [6.07, 6.45) is 1.67. The largest absolute Gasteiger partial charge is 0.396 e. The first-order chi connectivity index (χ1) is 7.78. The summed E-state index contributed by atoms with van der Waals surface area (Å²) in [7, 11) is 0. The molecule has 1 saturated heterocycles. The number of ether oxygens (including phenoxy) is 1. The molecule has 2 rings (SSSR count). The van der Waals surface area contributed by atoms with Gasteiger partial charge in [-0.05, 0) is 18.4 Å². The molecule has 0 bridgehead atoms. The lowest BCUT2D eigenvalue weighted by Gasteiger charge is -2.40. The van der Waals surface area contributed by atoms with Gasteiger partial charge in [0.15, 0.2) is 0 Å². The maximum absolute atomic E-state index is 9.64. The van der Waals surface area contributed by atoms with Gasteiger partial charge in [0.25, 0.3) is 0 Å². The Balaban J connectivity index is 2.20. The molecule has 1 aromatic carbocycles. The van der Waals surface area contributed by atoms with Crippen LogP contribution in [0.4, 0.5) is 0 Å².